The number of carbonyl (C=O) groups excluding carboxylic acids is 1. The fourth-order valence-electron chi connectivity index (χ4n) is 2.23. The molecular formula is C18H16ClN3O3. The largest absolute Gasteiger partial charge is 0.497 e. The van der Waals surface area contributed by atoms with Crippen LogP contribution in [-0.2, 0) is 17.8 Å². The van der Waals surface area contributed by atoms with Gasteiger partial charge in [0.1, 0.15) is 5.75 Å². The molecule has 0 saturated carbocycles. The average Bonchev–Trinajstić information content (AvgIpc) is 3.11. The molecule has 25 heavy (non-hydrogen) atoms. The van der Waals surface area contributed by atoms with Crippen LogP contribution in [0.5, 0.6) is 5.75 Å². The Bertz CT molecular complexity index is 862. The van der Waals surface area contributed by atoms with Crippen LogP contribution in [0.1, 0.15) is 11.5 Å². The summed E-state index contributed by atoms with van der Waals surface area (Å²) in [6, 6.07) is 14.5. The lowest BCUT2D eigenvalue weighted by molar-refractivity contribution is -0.120. The lowest BCUT2D eigenvalue weighted by Crippen LogP contribution is -2.24. The standard InChI is InChI=1S/C18H16ClN3O3/c1-24-15-4-2-3-13(10-15)18-21-17(25-22-18)11-20-16(23)9-12-5-7-14(19)8-6-12/h2-8,10H,9,11H2,1H3,(H,20,23). The monoisotopic (exact) mass is 357 g/mol. The van der Waals surface area contributed by atoms with Crippen molar-refractivity contribution in [3.8, 4) is 17.1 Å². The molecule has 1 N–H and O–H groups in total. The van der Waals surface area contributed by atoms with E-state index in [1.807, 2.05) is 36.4 Å². The third-order valence-corrected chi connectivity index (χ3v) is 3.76. The van der Waals surface area contributed by atoms with E-state index >= 15 is 0 Å². The second-order valence-electron chi connectivity index (χ2n) is 5.32. The van der Waals surface area contributed by atoms with Crippen LogP contribution in [0, 0.1) is 0 Å². The van der Waals surface area contributed by atoms with Gasteiger partial charge in [0.15, 0.2) is 0 Å². The third-order valence-electron chi connectivity index (χ3n) is 3.51. The highest BCUT2D eigenvalue weighted by Gasteiger charge is 2.11. The van der Waals surface area contributed by atoms with Gasteiger partial charge in [-0.2, -0.15) is 4.98 Å². The molecule has 0 aliphatic carbocycles. The molecular weight excluding hydrogens is 342 g/mol. The van der Waals surface area contributed by atoms with E-state index in [4.69, 9.17) is 20.9 Å². The molecule has 0 atom stereocenters. The number of nitrogens with zero attached hydrogens (tertiary/aromatic N) is 2. The van der Waals surface area contributed by atoms with Crippen LogP contribution in [-0.4, -0.2) is 23.2 Å². The van der Waals surface area contributed by atoms with E-state index in [0.29, 0.717) is 22.5 Å². The normalized spacial score (nSPS) is 10.5. The Morgan fingerprint density at radius 1 is 1.24 bits per heavy atom. The molecule has 3 rings (SSSR count). The van der Waals surface area contributed by atoms with Gasteiger partial charge >= 0.3 is 0 Å². The van der Waals surface area contributed by atoms with Gasteiger partial charge in [-0.1, -0.05) is 41.0 Å². The number of amides is 1. The summed E-state index contributed by atoms with van der Waals surface area (Å²) >= 11 is 5.83. The second kappa shape index (κ2) is 7.81. The predicted octanol–water partition coefficient (Wildman–Crippen LogP) is 3.26. The van der Waals surface area contributed by atoms with Crippen LogP contribution >= 0.6 is 11.6 Å². The summed E-state index contributed by atoms with van der Waals surface area (Å²) in [5.74, 6) is 1.35. The summed E-state index contributed by atoms with van der Waals surface area (Å²) in [5, 5.41) is 7.32. The highest BCUT2D eigenvalue weighted by Crippen LogP contribution is 2.21. The number of methoxy groups -OCH3 is 1. The zero-order chi connectivity index (χ0) is 17.6. The minimum absolute atomic E-state index is 0.136. The number of hydrogen-bond donors (Lipinski definition) is 1. The van der Waals surface area contributed by atoms with Crippen molar-refractivity contribution in [1.29, 1.82) is 0 Å². The van der Waals surface area contributed by atoms with Gasteiger partial charge in [-0.25, -0.2) is 0 Å². The Morgan fingerprint density at radius 2 is 2.04 bits per heavy atom. The van der Waals surface area contributed by atoms with Crippen molar-refractivity contribution in [2.45, 2.75) is 13.0 Å². The minimum Gasteiger partial charge on any atom is -0.497 e. The molecule has 7 heteroatoms. The number of benzene rings is 2. The van der Waals surface area contributed by atoms with Gasteiger partial charge in [-0.3, -0.25) is 4.79 Å². The van der Waals surface area contributed by atoms with E-state index in [9.17, 15) is 4.79 Å². The summed E-state index contributed by atoms with van der Waals surface area (Å²) in [6.45, 7) is 0.170. The van der Waals surface area contributed by atoms with E-state index < -0.39 is 0 Å². The molecule has 0 aliphatic heterocycles. The molecule has 1 heterocycles. The van der Waals surface area contributed by atoms with Crippen molar-refractivity contribution in [3.05, 3.63) is 65.0 Å². The summed E-state index contributed by atoms with van der Waals surface area (Å²) in [5.41, 5.74) is 1.66. The van der Waals surface area contributed by atoms with Crippen LogP contribution < -0.4 is 10.1 Å². The number of aromatic nitrogens is 2. The number of hydrogen-bond acceptors (Lipinski definition) is 5. The molecule has 1 amide bonds. The van der Waals surface area contributed by atoms with Crippen LogP contribution in [0.15, 0.2) is 53.1 Å². The predicted molar refractivity (Wildman–Crippen MR) is 93.3 cm³/mol. The van der Waals surface area contributed by atoms with E-state index in [1.165, 1.54) is 0 Å². The quantitative estimate of drug-likeness (QED) is 0.732. The zero-order valence-corrected chi connectivity index (χ0v) is 14.3. The fourth-order valence-corrected chi connectivity index (χ4v) is 2.36. The summed E-state index contributed by atoms with van der Waals surface area (Å²) in [6.07, 6.45) is 0.258. The molecule has 0 unspecified atom stereocenters. The molecule has 6 nitrogen and oxygen atoms in total. The molecule has 1 aromatic heterocycles. The van der Waals surface area contributed by atoms with Crippen LogP contribution in [0.25, 0.3) is 11.4 Å². The SMILES string of the molecule is COc1cccc(-c2noc(CNC(=O)Cc3ccc(Cl)cc3)n2)c1. The highest BCUT2D eigenvalue weighted by molar-refractivity contribution is 6.30. The topological polar surface area (TPSA) is 77.3 Å². The Kier molecular flexibility index (Phi) is 5.30. The molecule has 0 spiro atoms. The van der Waals surface area contributed by atoms with Crippen molar-refractivity contribution in [2.75, 3.05) is 7.11 Å². The Labute approximate surface area is 149 Å². The van der Waals surface area contributed by atoms with E-state index in [2.05, 4.69) is 15.5 Å². The minimum atomic E-state index is -0.136. The number of halogens is 1. The van der Waals surface area contributed by atoms with Crippen LogP contribution in [0.2, 0.25) is 5.02 Å². The first-order valence-corrected chi connectivity index (χ1v) is 8.00. The Morgan fingerprint density at radius 3 is 2.80 bits per heavy atom. The lowest BCUT2D eigenvalue weighted by atomic mass is 10.1. The van der Waals surface area contributed by atoms with Gasteiger partial charge in [0, 0.05) is 10.6 Å². The first kappa shape index (κ1) is 17.0. The maximum Gasteiger partial charge on any atom is 0.246 e. The van der Waals surface area contributed by atoms with E-state index in [0.717, 1.165) is 11.1 Å². The Hall–Kier alpha value is -2.86. The summed E-state index contributed by atoms with van der Waals surface area (Å²) < 4.78 is 10.3. The van der Waals surface area contributed by atoms with E-state index in [1.54, 1.807) is 19.2 Å². The molecule has 3 aromatic rings. The Balaban J connectivity index is 1.57. The third kappa shape index (κ3) is 4.58. The smallest absolute Gasteiger partial charge is 0.246 e. The van der Waals surface area contributed by atoms with Gasteiger partial charge in [0.2, 0.25) is 17.6 Å². The zero-order valence-electron chi connectivity index (χ0n) is 13.5. The number of carbonyl (C=O) groups is 1. The molecule has 0 radical (unpaired) electrons. The number of ether oxygens (including phenoxy) is 1. The van der Waals surface area contributed by atoms with Crippen molar-refractivity contribution < 1.29 is 14.1 Å². The van der Waals surface area contributed by atoms with Crippen molar-refractivity contribution in [2.24, 2.45) is 0 Å². The number of rotatable bonds is 6. The molecule has 128 valence electrons. The van der Waals surface area contributed by atoms with Gasteiger partial charge in [-0.15, -0.1) is 0 Å². The van der Waals surface area contributed by atoms with Crippen molar-refractivity contribution in [3.63, 3.8) is 0 Å². The van der Waals surface area contributed by atoms with Crippen molar-refractivity contribution >= 4 is 17.5 Å². The maximum absolute atomic E-state index is 12.0. The van der Waals surface area contributed by atoms with Gasteiger partial charge in [0.05, 0.1) is 20.1 Å². The fraction of sp³-hybridized carbons (Fsp3) is 0.167. The van der Waals surface area contributed by atoms with Crippen LogP contribution in [0.3, 0.4) is 0 Å². The number of nitrogens with one attached hydrogen (secondary N) is 1. The van der Waals surface area contributed by atoms with Gasteiger partial charge < -0.3 is 14.6 Å². The summed E-state index contributed by atoms with van der Waals surface area (Å²) in [4.78, 5) is 16.3. The van der Waals surface area contributed by atoms with E-state index in [-0.39, 0.29) is 18.9 Å². The maximum atomic E-state index is 12.0. The van der Waals surface area contributed by atoms with Crippen LogP contribution in [0.4, 0.5) is 0 Å². The highest BCUT2D eigenvalue weighted by atomic mass is 35.5. The van der Waals surface area contributed by atoms with Gasteiger partial charge in [0.25, 0.3) is 0 Å². The van der Waals surface area contributed by atoms with Crippen molar-refractivity contribution in [1.82, 2.24) is 15.5 Å². The molecule has 0 bridgehead atoms. The molecule has 2 aromatic carbocycles. The second-order valence-corrected chi connectivity index (χ2v) is 5.76. The molecule has 0 saturated heterocycles. The molecule has 0 fully saturated rings. The lowest BCUT2D eigenvalue weighted by Gasteiger charge is -2.02. The average molecular weight is 358 g/mol. The first-order valence-electron chi connectivity index (χ1n) is 7.62. The first-order chi connectivity index (χ1) is 12.1. The van der Waals surface area contributed by atoms with Gasteiger partial charge in [-0.05, 0) is 29.8 Å². The summed E-state index contributed by atoms with van der Waals surface area (Å²) in [7, 11) is 1.59. The molecule has 0 aliphatic rings.